The summed E-state index contributed by atoms with van der Waals surface area (Å²) >= 11 is 0. The molecule has 1 aromatic carbocycles. The number of aryl methyl sites for hydroxylation is 1. The molecule has 8 heteroatoms. The Hall–Kier alpha value is -2.10. The summed E-state index contributed by atoms with van der Waals surface area (Å²) in [4.78, 5) is 14.4. The molecule has 0 spiro atoms. The van der Waals surface area contributed by atoms with Gasteiger partial charge >= 0.3 is 0 Å². The Morgan fingerprint density at radius 2 is 1.85 bits per heavy atom. The van der Waals surface area contributed by atoms with Crippen LogP contribution < -0.4 is 10.6 Å². The van der Waals surface area contributed by atoms with Gasteiger partial charge < -0.3 is 15.1 Å². The zero-order valence-electron chi connectivity index (χ0n) is 14.8. The van der Waals surface area contributed by atoms with E-state index in [1.807, 2.05) is 24.3 Å². The molecule has 2 rings (SSSR count). The maximum absolute atomic E-state index is 10.6. The van der Waals surface area contributed by atoms with Gasteiger partial charge in [0.2, 0.25) is 0 Å². The summed E-state index contributed by atoms with van der Waals surface area (Å²) in [6.45, 7) is 1.59. The first-order valence-electron chi connectivity index (χ1n) is 8.39. The van der Waals surface area contributed by atoms with E-state index in [0.29, 0.717) is 0 Å². The molecule has 0 radical (unpaired) electrons. The van der Waals surface area contributed by atoms with Gasteiger partial charge in [-0.2, -0.15) is 0 Å². The van der Waals surface area contributed by atoms with Crippen LogP contribution in [-0.2, 0) is 12.8 Å². The van der Waals surface area contributed by atoms with Gasteiger partial charge in [-0.15, -0.1) is 24.0 Å². The summed E-state index contributed by atoms with van der Waals surface area (Å²) in [7, 11) is 1.75. The van der Waals surface area contributed by atoms with Crippen LogP contribution in [0.1, 0.15) is 24.2 Å². The average molecular weight is 472 g/mol. The number of nitrogens with one attached hydrogen (secondary N) is 2. The molecule has 0 unspecified atom stereocenters. The van der Waals surface area contributed by atoms with Crippen LogP contribution >= 0.6 is 24.0 Å². The average Bonchev–Trinajstić information content (AvgIpc) is 3.13. The lowest BCUT2D eigenvalue weighted by Crippen LogP contribution is -2.38. The maximum atomic E-state index is 10.6. The minimum absolute atomic E-state index is 0. The minimum atomic E-state index is -0.377. The lowest BCUT2D eigenvalue weighted by molar-refractivity contribution is -0.384. The number of nitro groups is 1. The van der Waals surface area contributed by atoms with Gasteiger partial charge in [0, 0.05) is 38.7 Å². The third-order valence-electron chi connectivity index (χ3n) is 3.80. The van der Waals surface area contributed by atoms with Crippen molar-refractivity contribution in [3.05, 3.63) is 64.1 Å². The Morgan fingerprint density at radius 1 is 1.12 bits per heavy atom. The molecular weight excluding hydrogens is 447 g/mol. The molecule has 1 heterocycles. The summed E-state index contributed by atoms with van der Waals surface area (Å²) in [5.41, 5.74) is 1.25. The van der Waals surface area contributed by atoms with Gasteiger partial charge in [0.25, 0.3) is 5.69 Å². The topological polar surface area (TPSA) is 92.7 Å². The van der Waals surface area contributed by atoms with Crippen molar-refractivity contribution in [1.82, 2.24) is 10.6 Å². The van der Waals surface area contributed by atoms with E-state index in [1.165, 1.54) is 0 Å². The van der Waals surface area contributed by atoms with Gasteiger partial charge in [0.1, 0.15) is 5.76 Å². The minimum Gasteiger partial charge on any atom is -0.469 e. The van der Waals surface area contributed by atoms with Crippen LogP contribution in [0.5, 0.6) is 0 Å². The number of rotatable bonds is 9. The molecule has 26 heavy (non-hydrogen) atoms. The van der Waals surface area contributed by atoms with Crippen LogP contribution in [0.3, 0.4) is 0 Å². The van der Waals surface area contributed by atoms with Crippen molar-refractivity contribution < 1.29 is 9.34 Å². The highest BCUT2D eigenvalue weighted by Gasteiger charge is 2.04. The number of hydrogen-bond acceptors (Lipinski definition) is 4. The third-order valence-corrected chi connectivity index (χ3v) is 3.80. The van der Waals surface area contributed by atoms with Gasteiger partial charge in [-0.1, -0.05) is 12.1 Å². The Morgan fingerprint density at radius 3 is 2.46 bits per heavy atom. The van der Waals surface area contributed by atoms with Crippen molar-refractivity contribution >= 4 is 35.6 Å². The summed E-state index contributed by atoms with van der Waals surface area (Å²) < 4.78 is 5.29. The van der Waals surface area contributed by atoms with E-state index in [4.69, 9.17) is 4.42 Å². The smallest absolute Gasteiger partial charge is 0.269 e. The number of hydrogen-bond donors (Lipinski definition) is 2. The van der Waals surface area contributed by atoms with Crippen molar-refractivity contribution in [2.24, 2.45) is 4.99 Å². The Balaban J connectivity index is 0.00000338. The molecule has 2 aromatic rings. The molecule has 7 nitrogen and oxygen atoms in total. The Labute approximate surface area is 170 Å². The molecule has 0 fully saturated rings. The highest BCUT2D eigenvalue weighted by atomic mass is 127. The number of furan rings is 1. The van der Waals surface area contributed by atoms with E-state index in [-0.39, 0.29) is 34.6 Å². The number of guanidine groups is 1. The van der Waals surface area contributed by atoms with Crippen LogP contribution in [0, 0.1) is 10.1 Å². The monoisotopic (exact) mass is 472 g/mol. The van der Waals surface area contributed by atoms with Crippen molar-refractivity contribution in [3.63, 3.8) is 0 Å². The normalized spacial score (nSPS) is 10.9. The van der Waals surface area contributed by atoms with E-state index in [2.05, 4.69) is 15.6 Å². The first kappa shape index (κ1) is 21.9. The molecule has 0 bridgehead atoms. The van der Waals surface area contributed by atoms with E-state index in [9.17, 15) is 10.1 Å². The number of nitrogens with zero attached hydrogens (tertiary/aromatic N) is 2. The first-order chi connectivity index (χ1) is 12.2. The molecule has 0 amide bonds. The SMILES string of the molecule is CN=C(NCCCCc1ccc([N+](=O)[O-])cc1)NCCc1ccco1.I. The summed E-state index contributed by atoms with van der Waals surface area (Å²) in [5, 5.41) is 17.1. The molecular formula is C18H25IN4O3. The van der Waals surface area contributed by atoms with Gasteiger partial charge in [-0.05, 0) is 37.0 Å². The van der Waals surface area contributed by atoms with E-state index < -0.39 is 0 Å². The molecule has 0 aliphatic heterocycles. The number of benzene rings is 1. The van der Waals surface area contributed by atoms with Gasteiger partial charge in [0.15, 0.2) is 5.96 Å². The van der Waals surface area contributed by atoms with Crippen LogP contribution in [0.25, 0.3) is 0 Å². The van der Waals surface area contributed by atoms with Gasteiger partial charge in [0.05, 0.1) is 11.2 Å². The predicted molar refractivity (Wildman–Crippen MR) is 113 cm³/mol. The fourth-order valence-corrected chi connectivity index (χ4v) is 2.42. The van der Waals surface area contributed by atoms with Crippen molar-refractivity contribution in [2.75, 3.05) is 20.1 Å². The van der Waals surface area contributed by atoms with Crippen molar-refractivity contribution in [2.45, 2.75) is 25.7 Å². The van der Waals surface area contributed by atoms with E-state index >= 15 is 0 Å². The third kappa shape index (κ3) is 7.85. The number of non-ortho nitro benzene ring substituents is 1. The number of nitro benzene ring substituents is 1. The molecule has 0 aliphatic rings. The molecule has 0 saturated heterocycles. The van der Waals surface area contributed by atoms with Crippen molar-refractivity contribution in [3.8, 4) is 0 Å². The molecule has 2 N–H and O–H groups in total. The molecule has 0 atom stereocenters. The second-order valence-electron chi connectivity index (χ2n) is 5.64. The standard InChI is InChI=1S/C18H24N4O3.HI/c1-19-18(21-13-11-17-6-4-14-25-17)20-12-3-2-5-15-7-9-16(10-8-15)22(23)24;/h4,6-10,14H,2-3,5,11-13H2,1H3,(H2,19,20,21);1H. The summed E-state index contributed by atoms with van der Waals surface area (Å²) in [5.74, 6) is 1.73. The van der Waals surface area contributed by atoms with Crippen molar-refractivity contribution in [1.29, 1.82) is 0 Å². The van der Waals surface area contributed by atoms with Gasteiger partial charge in [-0.3, -0.25) is 15.1 Å². The first-order valence-corrected chi connectivity index (χ1v) is 8.39. The van der Waals surface area contributed by atoms with Crippen LogP contribution in [-0.4, -0.2) is 31.0 Å². The molecule has 0 aliphatic carbocycles. The Kier molecular flexibility index (Phi) is 10.4. The zero-order chi connectivity index (χ0) is 17.9. The fourth-order valence-electron chi connectivity index (χ4n) is 2.42. The largest absolute Gasteiger partial charge is 0.469 e. The summed E-state index contributed by atoms with van der Waals surface area (Å²) in [6, 6.07) is 10.6. The van der Waals surface area contributed by atoms with Crippen LogP contribution in [0.4, 0.5) is 5.69 Å². The second-order valence-corrected chi connectivity index (χ2v) is 5.64. The van der Waals surface area contributed by atoms with Crippen LogP contribution in [0.2, 0.25) is 0 Å². The zero-order valence-corrected chi connectivity index (χ0v) is 17.1. The molecule has 1 aromatic heterocycles. The number of halogens is 1. The molecule has 142 valence electrons. The lowest BCUT2D eigenvalue weighted by Gasteiger charge is -2.11. The number of aliphatic imine (C=N–C) groups is 1. The van der Waals surface area contributed by atoms with Crippen LogP contribution in [0.15, 0.2) is 52.1 Å². The Bertz CT molecular complexity index is 672. The maximum Gasteiger partial charge on any atom is 0.269 e. The fraction of sp³-hybridized carbons (Fsp3) is 0.389. The lowest BCUT2D eigenvalue weighted by atomic mass is 10.1. The number of unbranched alkanes of at least 4 members (excludes halogenated alkanes) is 1. The highest BCUT2D eigenvalue weighted by molar-refractivity contribution is 14.0. The molecule has 0 saturated carbocycles. The van der Waals surface area contributed by atoms with E-state index in [0.717, 1.165) is 56.1 Å². The second kappa shape index (κ2) is 12.3. The predicted octanol–water partition coefficient (Wildman–Crippen LogP) is 3.54. The quantitative estimate of drug-likeness (QED) is 0.146. The summed E-state index contributed by atoms with van der Waals surface area (Å²) in [6.07, 6.45) is 5.40. The van der Waals surface area contributed by atoms with Gasteiger partial charge in [-0.25, -0.2) is 0 Å². The highest BCUT2D eigenvalue weighted by Crippen LogP contribution is 2.13. The van der Waals surface area contributed by atoms with E-state index in [1.54, 1.807) is 25.4 Å².